The highest BCUT2D eigenvalue weighted by Crippen LogP contribution is 2.18. The molecule has 3 aromatic carbocycles. The third kappa shape index (κ3) is 3.98. The summed E-state index contributed by atoms with van der Waals surface area (Å²) in [6.45, 7) is 1.89. The van der Waals surface area contributed by atoms with Crippen molar-refractivity contribution >= 4 is 22.6 Å². The fourth-order valence-corrected chi connectivity index (χ4v) is 2.66. The van der Waals surface area contributed by atoms with E-state index in [2.05, 4.69) is 15.5 Å². The largest absolute Gasteiger partial charge is 0.484 e. The summed E-state index contributed by atoms with van der Waals surface area (Å²) < 4.78 is 18.5. The van der Waals surface area contributed by atoms with Crippen molar-refractivity contribution in [3.8, 4) is 11.4 Å². The number of rotatable bonds is 5. The van der Waals surface area contributed by atoms with Crippen LogP contribution in [0.3, 0.4) is 0 Å². The average molecular weight is 376 g/mol. The minimum Gasteiger partial charge on any atom is -0.484 e. The molecule has 0 saturated carbocycles. The van der Waals surface area contributed by atoms with Crippen molar-refractivity contribution in [2.75, 3.05) is 11.9 Å². The van der Waals surface area contributed by atoms with E-state index in [1.54, 1.807) is 30.3 Å². The average Bonchev–Trinajstić information content (AvgIpc) is 3.11. The van der Waals surface area contributed by atoms with Gasteiger partial charge in [0, 0.05) is 5.69 Å². The van der Waals surface area contributed by atoms with Gasteiger partial charge in [-0.1, -0.05) is 17.7 Å². The number of hydrogen-bond donors (Lipinski definition) is 1. The molecule has 140 valence electrons. The second kappa shape index (κ2) is 7.48. The van der Waals surface area contributed by atoms with Crippen LogP contribution in [0.25, 0.3) is 16.7 Å². The molecule has 0 spiro atoms. The molecule has 1 amide bonds. The van der Waals surface area contributed by atoms with Gasteiger partial charge in [0.25, 0.3) is 5.91 Å². The zero-order chi connectivity index (χ0) is 19.5. The van der Waals surface area contributed by atoms with Crippen molar-refractivity contribution < 1.29 is 13.9 Å². The minimum absolute atomic E-state index is 0.0939. The molecule has 0 bridgehead atoms. The quantitative estimate of drug-likeness (QED) is 0.574. The molecule has 1 N–H and O–H groups in total. The molecule has 0 aliphatic heterocycles. The number of halogens is 1. The second-order valence-electron chi connectivity index (χ2n) is 6.32. The molecular weight excluding hydrogens is 359 g/mol. The predicted octanol–water partition coefficient (Wildman–Crippen LogP) is 3.89. The maximum absolute atomic E-state index is 13.1. The summed E-state index contributed by atoms with van der Waals surface area (Å²) in [7, 11) is 0. The van der Waals surface area contributed by atoms with Gasteiger partial charge in [0.15, 0.2) is 6.61 Å². The van der Waals surface area contributed by atoms with E-state index in [0.29, 0.717) is 28.2 Å². The molecular formula is C21H17FN4O2. The van der Waals surface area contributed by atoms with Crippen molar-refractivity contribution in [1.29, 1.82) is 0 Å². The fraction of sp³-hybridized carbons (Fsp3) is 0.0952. The number of fused-ring (bicyclic) bond motifs is 1. The summed E-state index contributed by atoms with van der Waals surface area (Å²) in [4.78, 5) is 13.6. The Labute approximate surface area is 160 Å². The van der Waals surface area contributed by atoms with Crippen molar-refractivity contribution in [2.45, 2.75) is 6.92 Å². The van der Waals surface area contributed by atoms with Gasteiger partial charge in [0.05, 0.1) is 5.69 Å². The molecule has 7 heteroatoms. The summed E-state index contributed by atoms with van der Waals surface area (Å²) in [5.74, 6) is 0.0441. The first kappa shape index (κ1) is 17.7. The molecule has 0 saturated heterocycles. The van der Waals surface area contributed by atoms with Crippen LogP contribution < -0.4 is 10.1 Å². The number of aromatic nitrogens is 3. The highest BCUT2D eigenvalue weighted by molar-refractivity contribution is 5.93. The van der Waals surface area contributed by atoms with Gasteiger partial charge >= 0.3 is 0 Å². The third-order valence-corrected chi connectivity index (χ3v) is 4.11. The Kier molecular flexibility index (Phi) is 4.72. The summed E-state index contributed by atoms with van der Waals surface area (Å²) in [6, 6.07) is 18.6. The van der Waals surface area contributed by atoms with Crippen LogP contribution in [0.2, 0.25) is 0 Å². The van der Waals surface area contributed by atoms with Crippen LogP contribution in [0, 0.1) is 12.7 Å². The summed E-state index contributed by atoms with van der Waals surface area (Å²) in [5.41, 5.74) is 3.64. The van der Waals surface area contributed by atoms with E-state index in [4.69, 9.17) is 4.74 Å². The van der Waals surface area contributed by atoms with Gasteiger partial charge in [-0.3, -0.25) is 4.79 Å². The lowest BCUT2D eigenvalue weighted by Crippen LogP contribution is -2.20. The van der Waals surface area contributed by atoms with Crippen LogP contribution >= 0.6 is 0 Å². The number of hydrogen-bond acceptors (Lipinski definition) is 4. The molecule has 1 heterocycles. The molecule has 0 atom stereocenters. The SMILES string of the molecule is Cc1ccc(OCC(=O)Nc2ccc3nn(-c4ccc(F)cc4)nc3c2)cc1. The summed E-state index contributed by atoms with van der Waals surface area (Å²) >= 11 is 0. The molecule has 0 radical (unpaired) electrons. The smallest absolute Gasteiger partial charge is 0.262 e. The van der Waals surface area contributed by atoms with Crippen LogP contribution in [-0.4, -0.2) is 27.5 Å². The van der Waals surface area contributed by atoms with Crippen LogP contribution in [0.5, 0.6) is 5.75 Å². The van der Waals surface area contributed by atoms with E-state index < -0.39 is 0 Å². The highest BCUT2D eigenvalue weighted by atomic mass is 19.1. The van der Waals surface area contributed by atoms with Crippen molar-refractivity contribution in [3.63, 3.8) is 0 Å². The number of nitrogens with one attached hydrogen (secondary N) is 1. The molecule has 6 nitrogen and oxygen atoms in total. The van der Waals surface area contributed by atoms with E-state index in [0.717, 1.165) is 5.56 Å². The first-order valence-electron chi connectivity index (χ1n) is 8.69. The van der Waals surface area contributed by atoms with E-state index in [-0.39, 0.29) is 18.3 Å². The van der Waals surface area contributed by atoms with Crippen LogP contribution in [-0.2, 0) is 4.79 Å². The van der Waals surface area contributed by atoms with Crippen LogP contribution in [0.4, 0.5) is 10.1 Å². The van der Waals surface area contributed by atoms with Crippen molar-refractivity contribution in [2.24, 2.45) is 0 Å². The van der Waals surface area contributed by atoms with Gasteiger partial charge in [-0.2, -0.15) is 4.80 Å². The monoisotopic (exact) mass is 376 g/mol. The first-order valence-corrected chi connectivity index (χ1v) is 8.69. The molecule has 0 aliphatic carbocycles. The number of anilines is 1. The summed E-state index contributed by atoms with van der Waals surface area (Å²) in [5, 5.41) is 11.5. The van der Waals surface area contributed by atoms with Gasteiger partial charge < -0.3 is 10.1 Å². The maximum Gasteiger partial charge on any atom is 0.262 e. The number of benzene rings is 3. The fourth-order valence-electron chi connectivity index (χ4n) is 2.66. The Bertz CT molecular complexity index is 1120. The van der Waals surface area contributed by atoms with Crippen LogP contribution in [0.15, 0.2) is 66.7 Å². The zero-order valence-corrected chi connectivity index (χ0v) is 15.1. The van der Waals surface area contributed by atoms with Crippen LogP contribution in [0.1, 0.15) is 5.56 Å². The Morgan fingerprint density at radius 3 is 2.46 bits per heavy atom. The van der Waals surface area contributed by atoms with Gasteiger partial charge in [-0.15, -0.1) is 10.2 Å². The van der Waals surface area contributed by atoms with E-state index in [9.17, 15) is 9.18 Å². The third-order valence-electron chi connectivity index (χ3n) is 4.11. The highest BCUT2D eigenvalue weighted by Gasteiger charge is 2.08. The Morgan fingerprint density at radius 1 is 1.00 bits per heavy atom. The van der Waals surface area contributed by atoms with Gasteiger partial charge in [0.1, 0.15) is 22.6 Å². The summed E-state index contributed by atoms with van der Waals surface area (Å²) in [6.07, 6.45) is 0. The lowest BCUT2D eigenvalue weighted by atomic mass is 10.2. The standard InChI is InChI=1S/C21H17FN4O2/c1-14-2-9-18(10-3-14)28-13-21(27)23-16-6-11-19-20(12-16)25-26(24-19)17-7-4-15(22)5-8-17/h2-12H,13H2,1H3,(H,23,27). The van der Waals surface area contributed by atoms with E-state index >= 15 is 0 Å². The number of amides is 1. The Hall–Kier alpha value is -3.74. The number of nitrogens with zero attached hydrogens (tertiary/aromatic N) is 3. The lowest BCUT2D eigenvalue weighted by Gasteiger charge is -2.07. The molecule has 0 aliphatic rings. The minimum atomic E-state index is -0.321. The topological polar surface area (TPSA) is 69.0 Å². The molecule has 4 aromatic rings. The zero-order valence-electron chi connectivity index (χ0n) is 15.1. The van der Waals surface area contributed by atoms with Crippen molar-refractivity contribution in [3.05, 3.63) is 78.1 Å². The Morgan fingerprint density at radius 2 is 1.71 bits per heavy atom. The predicted molar refractivity (Wildman–Crippen MR) is 104 cm³/mol. The molecule has 0 fully saturated rings. The number of ether oxygens (including phenoxy) is 1. The molecule has 0 unspecified atom stereocenters. The number of aryl methyl sites for hydroxylation is 1. The van der Waals surface area contributed by atoms with Crippen molar-refractivity contribution in [1.82, 2.24) is 15.0 Å². The van der Waals surface area contributed by atoms with Gasteiger partial charge in [0.2, 0.25) is 0 Å². The normalized spacial score (nSPS) is 10.8. The Balaban J connectivity index is 1.44. The molecule has 1 aromatic heterocycles. The maximum atomic E-state index is 13.1. The van der Waals surface area contributed by atoms with E-state index in [1.165, 1.54) is 16.9 Å². The number of carbonyl (C=O) groups excluding carboxylic acids is 1. The second-order valence-corrected chi connectivity index (χ2v) is 6.32. The first-order chi connectivity index (χ1) is 13.6. The molecule has 4 rings (SSSR count). The molecule has 28 heavy (non-hydrogen) atoms. The van der Waals surface area contributed by atoms with Gasteiger partial charge in [-0.25, -0.2) is 4.39 Å². The van der Waals surface area contributed by atoms with Gasteiger partial charge in [-0.05, 0) is 61.5 Å². The number of carbonyl (C=O) groups is 1. The lowest BCUT2D eigenvalue weighted by molar-refractivity contribution is -0.118. The van der Waals surface area contributed by atoms with E-state index in [1.807, 2.05) is 31.2 Å².